The maximum Gasteiger partial charge on any atom is 0.231 e. The first-order valence-electron chi connectivity index (χ1n) is 8.21. The molecule has 0 amide bonds. The average molecular weight is 360 g/mol. The Hall–Kier alpha value is -2.80. The smallest absolute Gasteiger partial charge is 0.231 e. The second-order valence-corrected chi connectivity index (χ2v) is 6.55. The Labute approximate surface area is 150 Å². The van der Waals surface area contributed by atoms with Crippen LogP contribution < -0.4 is 23.7 Å². The van der Waals surface area contributed by atoms with Gasteiger partial charge in [0.15, 0.2) is 23.0 Å². The molecule has 2 heterocycles. The maximum atomic E-state index is 10.6. The lowest BCUT2D eigenvalue weighted by atomic mass is 9.83. The van der Waals surface area contributed by atoms with Crippen molar-refractivity contribution < 1.29 is 33.9 Å². The van der Waals surface area contributed by atoms with E-state index in [0.717, 1.165) is 11.1 Å². The fraction of sp³-hybridized carbons (Fsp3) is 0.368. The molecule has 7 heteroatoms. The summed E-state index contributed by atoms with van der Waals surface area (Å²) in [5, 5.41) is 20.8. The summed E-state index contributed by atoms with van der Waals surface area (Å²) in [5.74, 6) is 0.707. The Kier molecular flexibility index (Phi) is 3.77. The van der Waals surface area contributed by atoms with Gasteiger partial charge in [-0.15, -0.1) is 0 Å². The molecule has 0 radical (unpaired) electrons. The summed E-state index contributed by atoms with van der Waals surface area (Å²) in [5.41, 5.74) is 1.68. The number of phenolic OH excluding ortho intramolecular Hbond substituents is 1. The molecule has 0 fully saturated rings. The third-order valence-electron chi connectivity index (χ3n) is 4.70. The Morgan fingerprint density at radius 3 is 2.23 bits per heavy atom. The van der Waals surface area contributed by atoms with Crippen LogP contribution in [0, 0.1) is 0 Å². The predicted molar refractivity (Wildman–Crippen MR) is 91.5 cm³/mol. The van der Waals surface area contributed by atoms with Crippen LogP contribution in [0.4, 0.5) is 0 Å². The summed E-state index contributed by atoms with van der Waals surface area (Å²) < 4.78 is 27.2. The summed E-state index contributed by atoms with van der Waals surface area (Å²) in [7, 11) is 2.95. The summed E-state index contributed by atoms with van der Waals surface area (Å²) in [6, 6.07) is 7.06. The highest BCUT2D eigenvalue weighted by Gasteiger charge is 2.38. The minimum absolute atomic E-state index is 0.0662. The molecule has 7 nitrogen and oxygen atoms in total. The highest BCUT2D eigenvalue weighted by molar-refractivity contribution is 5.59. The average Bonchev–Trinajstić information content (AvgIpc) is 3.06. The monoisotopic (exact) mass is 360 g/mol. The molecular formula is C19H20O7. The van der Waals surface area contributed by atoms with Crippen molar-refractivity contribution in [3.63, 3.8) is 0 Å². The first-order chi connectivity index (χ1) is 12.4. The van der Waals surface area contributed by atoms with Crippen molar-refractivity contribution in [2.75, 3.05) is 21.0 Å². The number of fused-ring (bicyclic) bond motifs is 2. The van der Waals surface area contributed by atoms with Gasteiger partial charge in [0.1, 0.15) is 5.75 Å². The third-order valence-corrected chi connectivity index (χ3v) is 4.70. The van der Waals surface area contributed by atoms with Gasteiger partial charge in [-0.2, -0.15) is 0 Å². The molecule has 2 aliphatic rings. The van der Waals surface area contributed by atoms with Gasteiger partial charge >= 0.3 is 0 Å². The van der Waals surface area contributed by atoms with Crippen LogP contribution in [0.2, 0.25) is 0 Å². The van der Waals surface area contributed by atoms with Gasteiger partial charge < -0.3 is 33.9 Å². The number of hydrogen-bond donors (Lipinski definition) is 2. The van der Waals surface area contributed by atoms with E-state index in [1.807, 2.05) is 6.07 Å². The number of phenols is 1. The van der Waals surface area contributed by atoms with Crippen molar-refractivity contribution >= 4 is 0 Å². The van der Waals surface area contributed by atoms with Crippen LogP contribution >= 0.6 is 0 Å². The van der Waals surface area contributed by atoms with E-state index in [9.17, 15) is 10.2 Å². The van der Waals surface area contributed by atoms with E-state index < -0.39 is 5.79 Å². The normalized spacial score (nSPS) is 23.2. The molecule has 0 aliphatic carbocycles. The topological polar surface area (TPSA) is 86.6 Å². The highest BCUT2D eigenvalue weighted by atomic mass is 16.7. The fourth-order valence-electron chi connectivity index (χ4n) is 3.48. The van der Waals surface area contributed by atoms with Crippen LogP contribution in [-0.2, 0) is 0 Å². The van der Waals surface area contributed by atoms with Gasteiger partial charge in [0, 0.05) is 30.9 Å². The third kappa shape index (κ3) is 2.64. The number of benzene rings is 2. The van der Waals surface area contributed by atoms with Gasteiger partial charge in [0.05, 0.1) is 14.2 Å². The molecule has 0 saturated heterocycles. The zero-order chi connectivity index (χ0) is 18.5. The molecule has 0 saturated carbocycles. The van der Waals surface area contributed by atoms with E-state index in [1.165, 1.54) is 14.2 Å². The largest absolute Gasteiger partial charge is 0.502 e. The van der Waals surface area contributed by atoms with Crippen LogP contribution in [0.1, 0.15) is 30.4 Å². The van der Waals surface area contributed by atoms with E-state index in [2.05, 4.69) is 0 Å². The van der Waals surface area contributed by atoms with Gasteiger partial charge in [-0.25, -0.2) is 0 Å². The van der Waals surface area contributed by atoms with Crippen molar-refractivity contribution in [2.24, 2.45) is 0 Å². The van der Waals surface area contributed by atoms with Crippen LogP contribution in [0.15, 0.2) is 24.3 Å². The lowest BCUT2D eigenvalue weighted by Gasteiger charge is -2.36. The molecule has 2 aliphatic heterocycles. The standard InChI is InChI=1S/C19H20O7/c1-19(21)8-12(10-4-16(22-2)18(20)17(5-10)23-3)11-6-14-15(25-9-24-14)7-13(11)26-19/h4-7,12,20-21H,8-9H2,1-3H3/t12-,19+/m1/s1. The van der Waals surface area contributed by atoms with Gasteiger partial charge in [0.2, 0.25) is 18.3 Å². The molecule has 2 atom stereocenters. The molecule has 2 aromatic rings. The highest BCUT2D eigenvalue weighted by Crippen LogP contribution is 2.50. The molecule has 0 unspecified atom stereocenters. The maximum absolute atomic E-state index is 10.6. The van der Waals surface area contributed by atoms with Crippen molar-refractivity contribution in [2.45, 2.75) is 25.0 Å². The van der Waals surface area contributed by atoms with Gasteiger partial charge in [-0.3, -0.25) is 0 Å². The van der Waals surface area contributed by atoms with E-state index in [4.69, 9.17) is 23.7 Å². The molecule has 4 rings (SSSR count). The Morgan fingerprint density at radius 1 is 1.00 bits per heavy atom. The Bertz CT molecular complexity index is 834. The zero-order valence-electron chi connectivity index (χ0n) is 14.7. The molecule has 2 N–H and O–H groups in total. The Balaban J connectivity index is 1.87. The number of aromatic hydroxyl groups is 1. The minimum Gasteiger partial charge on any atom is -0.502 e. The first kappa shape index (κ1) is 16.7. The van der Waals surface area contributed by atoms with Crippen LogP contribution in [0.5, 0.6) is 34.5 Å². The lowest BCUT2D eigenvalue weighted by Crippen LogP contribution is -2.38. The summed E-state index contributed by atoms with van der Waals surface area (Å²) in [4.78, 5) is 0. The van der Waals surface area contributed by atoms with Gasteiger partial charge in [-0.1, -0.05) is 0 Å². The van der Waals surface area contributed by atoms with Crippen LogP contribution in [0.25, 0.3) is 0 Å². The number of rotatable bonds is 3. The number of methoxy groups -OCH3 is 2. The lowest BCUT2D eigenvalue weighted by molar-refractivity contribution is -0.137. The summed E-state index contributed by atoms with van der Waals surface area (Å²) in [6.07, 6.45) is 0.316. The number of ether oxygens (including phenoxy) is 5. The molecule has 26 heavy (non-hydrogen) atoms. The van der Waals surface area contributed by atoms with Crippen molar-refractivity contribution in [1.29, 1.82) is 0 Å². The quantitative estimate of drug-likeness (QED) is 0.870. The Morgan fingerprint density at radius 2 is 1.62 bits per heavy atom. The predicted octanol–water partition coefficient (Wildman–Crippen LogP) is 2.76. The van der Waals surface area contributed by atoms with E-state index in [1.54, 1.807) is 25.1 Å². The second kappa shape index (κ2) is 5.88. The fourth-order valence-corrected chi connectivity index (χ4v) is 3.48. The number of hydrogen-bond acceptors (Lipinski definition) is 7. The summed E-state index contributed by atoms with van der Waals surface area (Å²) in [6.45, 7) is 1.77. The zero-order valence-corrected chi connectivity index (χ0v) is 14.7. The van der Waals surface area contributed by atoms with Crippen molar-refractivity contribution in [3.8, 4) is 34.5 Å². The SMILES string of the molecule is COc1cc([C@H]2C[C@@](C)(O)Oc3cc4c(cc32)OCO4)cc(OC)c1O. The van der Waals surface area contributed by atoms with E-state index in [-0.39, 0.29) is 18.5 Å². The molecule has 2 aromatic carbocycles. The molecule has 138 valence electrons. The van der Waals surface area contributed by atoms with E-state index in [0.29, 0.717) is 35.2 Å². The van der Waals surface area contributed by atoms with Gasteiger partial charge in [-0.05, 0) is 23.8 Å². The molecule has 0 aromatic heterocycles. The molecule has 0 spiro atoms. The molecular weight excluding hydrogens is 340 g/mol. The number of aliphatic hydroxyl groups is 1. The minimum atomic E-state index is -1.36. The second-order valence-electron chi connectivity index (χ2n) is 6.55. The van der Waals surface area contributed by atoms with Crippen molar-refractivity contribution in [3.05, 3.63) is 35.4 Å². The van der Waals surface area contributed by atoms with Crippen LogP contribution in [-0.4, -0.2) is 37.0 Å². The van der Waals surface area contributed by atoms with Gasteiger partial charge in [0.25, 0.3) is 0 Å². The van der Waals surface area contributed by atoms with E-state index >= 15 is 0 Å². The molecule has 0 bridgehead atoms. The summed E-state index contributed by atoms with van der Waals surface area (Å²) >= 11 is 0. The van der Waals surface area contributed by atoms with Crippen molar-refractivity contribution in [1.82, 2.24) is 0 Å². The van der Waals surface area contributed by atoms with Crippen LogP contribution in [0.3, 0.4) is 0 Å². The first-order valence-corrected chi connectivity index (χ1v) is 8.21.